The van der Waals surface area contributed by atoms with Crippen LogP contribution in [0.2, 0.25) is 0 Å². The molecule has 0 spiro atoms. The van der Waals surface area contributed by atoms with E-state index in [9.17, 15) is 4.79 Å². The van der Waals surface area contributed by atoms with Gasteiger partial charge in [-0.1, -0.05) is 42.5 Å². The van der Waals surface area contributed by atoms with Gasteiger partial charge in [-0.25, -0.2) is 0 Å². The first-order chi connectivity index (χ1) is 8.24. The van der Waals surface area contributed by atoms with Gasteiger partial charge < -0.3 is 4.74 Å². The Kier molecular flexibility index (Phi) is 3.24. The van der Waals surface area contributed by atoms with Crippen LogP contribution in [0.3, 0.4) is 0 Å². The number of ether oxygens (including phenoxy) is 1. The second kappa shape index (κ2) is 4.83. The van der Waals surface area contributed by atoms with Gasteiger partial charge >= 0.3 is 0 Å². The summed E-state index contributed by atoms with van der Waals surface area (Å²) in [5, 5.41) is 0. The van der Waals surface area contributed by atoms with Gasteiger partial charge in [0.2, 0.25) is 0 Å². The molecule has 0 bridgehead atoms. The monoisotopic (exact) mass is 226 g/mol. The lowest BCUT2D eigenvalue weighted by molar-refractivity contribution is 0.101. The highest BCUT2D eigenvalue weighted by atomic mass is 16.5. The predicted octanol–water partition coefficient (Wildman–Crippen LogP) is 3.56. The largest absolute Gasteiger partial charge is 0.496 e. The second-order valence-corrected chi connectivity index (χ2v) is 3.81. The number of carbonyl (C=O) groups is 1. The third-order valence-electron chi connectivity index (χ3n) is 2.68. The molecule has 0 radical (unpaired) electrons. The maximum absolute atomic E-state index is 11.7. The molecule has 0 heterocycles. The fourth-order valence-corrected chi connectivity index (χ4v) is 1.92. The van der Waals surface area contributed by atoms with E-state index in [1.165, 1.54) is 0 Å². The van der Waals surface area contributed by atoms with Crippen molar-refractivity contribution in [3.63, 3.8) is 0 Å². The van der Waals surface area contributed by atoms with Crippen LogP contribution in [0.5, 0.6) is 5.75 Å². The molecule has 0 aliphatic carbocycles. The Morgan fingerprint density at radius 3 is 2.29 bits per heavy atom. The summed E-state index contributed by atoms with van der Waals surface area (Å²) in [5.41, 5.74) is 2.58. The minimum absolute atomic E-state index is 0.0151. The molecule has 0 fully saturated rings. The number of ketones is 1. The van der Waals surface area contributed by atoms with Crippen LogP contribution in [-0.4, -0.2) is 12.9 Å². The molecular weight excluding hydrogens is 212 g/mol. The summed E-state index contributed by atoms with van der Waals surface area (Å²) in [6.07, 6.45) is 0. The highest BCUT2D eigenvalue weighted by Gasteiger charge is 2.14. The molecule has 0 amide bonds. The van der Waals surface area contributed by atoms with Gasteiger partial charge in [0, 0.05) is 0 Å². The minimum Gasteiger partial charge on any atom is -0.496 e. The van der Waals surface area contributed by atoms with E-state index in [-0.39, 0.29) is 5.78 Å². The second-order valence-electron chi connectivity index (χ2n) is 3.81. The Hall–Kier alpha value is -2.09. The summed E-state index contributed by atoms with van der Waals surface area (Å²) in [4.78, 5) is 11.7. The van der Waals surface area contributed by atoms with E-state index in [1.807, 2.05) is 48.5 Å². The molecule has 86 valence electrons. The molecule has 17 heavy (non-hydrogen) atoms. The van der Waals surface area contributed by atoms with Gasteiger partial charge in [0.25, 0.3) is 0 Å². The molecule has 0 aliphatic rings. The van der Waals surface area contributed by atoms with Gasteiger partial charge in [-0.05, 0) is 24.1 Å². The lowest BCUT2D eigenvalue weighted by Crippen LogP contribution is -2.00. The molecule has 0 unspecified atom stereocenters. The Balaban J connectivity index is 2.66. The molecule has 2 aromatic rings. The van der Waals surface area contributed by atoms with Gasteiger partial charge in [-0.2, -0.15) is 0 Å². The first-order valence-electron chi connectivity index (χ1n) is 5.47. The molecule has 2 aromatic carbocycles. The van der Waals surface area contributed by atoms with Gasteiger partial charge in [0.1, 0.15) is 5.75 Å². The Morgan fingerprint density at radius 2 is 1.71 bits per heavy atom. The van der Waals surface area contributed by atoms with Crippen molar-refractivity contribution in [1.29, 1.82) is 0 Å². The topological polar surface area (TPSA) is 26.3 Å². The van der Waals surface area contributed by atoms with Crippen LogP contribution in [0, 0.1) is 0 Å². The van der Waals surface area contributed by atoms with E-state index in [2.05, 4.69) is 0 Å². The third-order valence-corrected chi connectivity index (χ3v) is 2.68. The summed E-state index contributed by atoms with van der Waals surface area (Å²) < 4.78 is 5.25. The number of carbonyl (C=O) groups excluding carboxylic acids is 1. The van der Waals surface area contributed by atoms with Gasteiger partial charge in [0.05, 0.1) is 12.7 Å². The van der Waals surface area contributed by atoms with Crippen molar-refractivity contribution >= 4 is 5.78 Å². The SMILES string of the molecule is COc1cccc(-c2ccccc2)c1C(C)=O. The van der Waals surface area contributed by atoms with Crippen molar-refractivity contribution in [1.82, 2.24) is 0 Å². The van der Waals surface area contributed by atoms with Gasteiger partial charge in [-0.15, -0.1) is 0 Å². The summed E-state index contributed by atoms with van der Waals surface area (Å²) in [6.45, 7) is 1.56. The molecule has 2 nitrogen and oxygen atoms in total. The fraction of sp³-hybridized carbons (Fsp3) is 0.133. The van der Waals surface area contributed by atoms with Gasteiger partial charge in [0.15, 0.2) is 5.78 Å². The summed E-state index contributed by atoms with van der Waals surface area (Å²) >= 11 is 0. The summed E-state index contributed by atoms with van der Waals surface area (Å²) in [6, 6.07) is 15.5. The summed E-state index contributed by atoms with van der Waals surface area (Å²) in [7, 11) is 1.58. The van der Waals surface area contributed by atoms with Crippen LogP contribution >= 0.6 is 0 Å². The molecule has 0 N–H and O–H groups in total. The van der Waals surface area contributed by atoms with Crippen molar-refractivity contribution in [2.24, 2.45) is 0 Å². The molecule has 2 heteroatoms. The van der Waals surface area contributed by atoms with Crippen molar-refractivity contribution in [3.05, 3.63) is 54.1 Å². The van der Waals surface area contributed by atoms with Gasteiger partial charge in [-0.3, -0.25) is 4.79 Å². The molecule has 0 atom stereocenters. The smallest absolute Gasteiger partial charge is 0.164 e. The van der Waals surface area contributed by atoms with E-state index < -0.39 is 0 Å². The van der Waals surface area contributed by atoms with E-state index in [0.717, 1.165) is 11.1 Å². The number of rotatable bonds is 3. The summed E-state index contributed by atoms with van der Waals surface area (Å²) in [5.74, 6) is 0.639. The van der Waals surface area contributed by atoms with Crippen molar-refractivity contribution in [3.8, 4) is 16.9 Å². The average molecular weight is 226 g/mol. The molecular formula is C15H14O2. The van der Waals surface area contributed by atoms with Crippen molar-refractivity contribution in [2.75, 3.05) is 7.11 Å². The predicted molar refractivity (Wildman–Crippen MR) is 68.4 cm³/mol. The Bertz CT molecular complexity index is 530. The minimum atomic E-state index is 0.0151. The number of methoxy groups -OCH3 is 1. The maximum atomic E-state index is 11.7. The lowest BCUT2D eigenvalue weighted by atomic mass is 9.97. The Morgan fingerprint density at radius 1 is 1.00 bits per heavy atom. The van der Waals surface area contributed by atoms with Crippen LogP contribution in [0.1, 0.15) is 17.3 Å². The van der Waals surface area contributed by atoms with Crippen molar-refractivity contribution < 1.29 is 9.53 Å². The van der Waals surface area contributed by atoms with E-state index in [1.54, 1.807) is 14.0 Å². The molecule has 0 aromatic heterocycles. The molecule has 0 aliphatic heterocycles. The first kappa shape index (κ1) is 11.4. The molecule has 0 saturated heterocycles. The zero-order chi connectivity index (χ0) is 12.3. The van der Waals surface area contributed by atoms with E-state index in [0.29, 0.717) is 11.3 Å². The zero-order valence-electron chi connectivity index (χ0n) is 9.94. The van der Waals surface area contributed by atoms with Crippen LogP contribution < -0.4 is 4.74 Å². The normalized spacial score (nSPS) is 10.0. The highest BCUT2D eigenvalue weighted by molar-refractivity contribution is 6.03. The third kappa shape index (κ3) is 2.21. The van der Waals surface area contributed by atoms with Crippen LogP contribution in [-0.2, 0) is 0 Å². The number of hydrogen-bond donors (Lipinski definition) is 0. The quantitative estimate of drug-likeness (QED) is 0.748. The van der Waals surface area contributed by atoms with E-state index in [4.69, 9.17) is 4.74 Å². The van der Waals surface area contributed by atoms with Crippen molar-refractivity contribution in [2.45, 2.75) is 6.92 Å². The highest BCUT2D eigenvalue weighted by Crippen LogP contribution is 2.30. The Labute approximate surface area is 101 Å². The number of benzene rings is 2. The first-order valence-corrected chi connectivity index (χ1v) is 5.47. The maximum Gasteiger partial charge on any atom is 0.164 e. The van der Waals surface area contributed by atoms with Crippen LogP contribution in [0.15, 0.2) is 48.5 Å². The van der Waals surface area contributed by atoms with Crippen LogP contribution in [0.4, 0.5) is 0 Å². The number of hydrogen-bond acceptors (Lipinski definition) is 2. The lowest BCUT2D eigenvalue weighted by Gasteiger charge is -2.11. The number of Topliss-reactive ketones (excluding diaryl/α,β-unsaturated/α-hetero) is 1. The zero-order valence-corrected chi connectivity index (χ0v) is 9.94. The van der Waals surface area contributed by atoms with E-state index >= 15 is 0 Å². The standard InChI is InChI=1S/C15H14O2/c1-11(16)15-13(9-6-10-14(15)17-2)12-7-4-3-5-8-12/h3-10H,1-2H3. The fourth-order valence-electron chi connectivity index (χ4n) is 1.92. The molecule has 2 rings (SSSR count). The molecule has 0 saturated carbocycles. The van der Waals surface area contributed by atoms with Crippen LogP contribution in [0.25, 0.3) is 11.1 Å². The average Bonchev–Trinajstić information content (AvgIpc) is 2.38.